The van der Waals surface area contributed by atoms with Crippen molar-refractivity contribution in [3.8, 4) is 28.9 Å². The van der Waals surface area contributed by atoms with E-state index >= 15 is 0 Å². The molecular formula is C24H30N6O5. The van der Waals surface area contributed by atoms with Crippen LogP contribution >= 0.6 is 0 Å². The van der Waals surface area contributed by atoms with Crippen LogP contribution in [-0.2, 0) is 18.4 Å². The molecule has 0 spiro atoms. The van der Waals surface area contributed by atoms with Gasteiger partial charge in [0.1, 0.15) is 30.1 Å². The fourth-order valence-electron chi connectivity index (χ4n) is 4.05. The Morgan fingerprint density at radius 3 is 2.77 bits per heavy atom. The number of aliphatic carboxylic acids is 1. The zero-order chi connectivity index (χ0) is 24.9. The number of hydrogen-bond donors (Lipinski definition) is 1. The lowest BCUT2D eigenvalue weighted by Gasteiger charge is -2.27. The van der Waals surface area contributed by atoms with E-state index in [-0.39, 0.29) is 24.7 Å². The molecule has 0 aromatic carbocycles. The van der Waals surface area contributed by atoms with E-state index in [1.807, 2.05) is 32.9 Å². The highest BCUT2D eigenvalue weighted by molar-refractivity contribution is 5.70. The summed E-state index contributed by atoms with van der Waals surface area (Å²) in [6.45, 7) is 5.88. The van der Waals surface area contributed by atoms with Gasteiger partial charge in [-0.05, 0) is 58.6 Å². The van der Waals surface area contributed by atoms with Crippen LogP contribution in [0.15, 0.2) is 24.5 Å². The van der Waals surface area contributed by atoms with Gasteiger partial charge in [-0.25, -0.2) is 19.6 Å². The maximum atomic E-state index is 11.4. The van der Waals surface area contributed by atoms with Crippen molar-refractivity contribution in [1.29, 1.82) is 0 Å². The standard InChI is InChI=1S/C24H30N6O5/c1-14(2)34-22-11-21(25-13-26-22)33-12-19-23(28-29-30(19)4)18-8-9-20(15(3)27-18)35-17-7-5-6-16(10-17)24(31)32/h8-9,11,13-14,16-17H,5-7,10,12H2,1-4H3,(H,31,32)/t16-,17-/m0/s1. The van der Waals surface area contributed by atoms with Crippen molar-refractivity contribution in [2.75, 3.05) is 0 Å². The summed E-state index contributed by atoms with van der Waals surface area (Å²) < 4.78 is 19.2. The Morgan fingerprint density at radius 2 is 2.03 bits per heavy atom. The van der Waals surface area contributed by atoms with Gasteiger partial charge in [0.15, 0.2) is 0 Å². The van der Waals surface area contributed by atoms with E-state index in [1.165, 1.54) is 6.33 Å². The number of carboxylic acid groups (broad SMARTS) is 1. The molecule has 1 N–H and O–H groups in total. The first kappa shape index (κ1) is 24.4. The highest BCUT2D eigenvalue weighted by atomic mass is 16.5. The van der Waals surface area contributed by atoms with Crippen LogP contribution in [0.3, 0.4) is 0 Å². The minimum Gasteiger partial charge on any atom is -0.489 e. The van der Waals surface area contributed by atoms with Gasteiger partial charge in [0.05, 0.1) is 35.6 Å². The Balaban J connectivity index is 1.46. The van der Waals surface area contributed by atoms with E-state index in [9.17, 15) is 9.90 Å². The highest BCUT2D eigenvalue weighted by Crippen LogP contribution is 2.30. The number of carbonyl (C=O) groups is 1. The van der Waals surface area contributed by atoms with Gasteiger partial charge in [0, 0.05) is 7.05 Å². The van der Waals surface area contributed by atoms with Crippen molar-refractivity contribution in [3.05, 3.63) is 35.9 Å². The van der Waals surface area contributed by atoms with Gasteiger partial charge >= 0.3 is 5.97 Å². The average Bonchev–Trinajstić information content (AvgIpc) is 3.19. The maximum Gasteiger partial charge on any atom is 0.306 e. The molecule has 1 aliphatic carbocycles. The number of aromatic nitrogens is 6. The normalized spacial score (nSPS) is 17.9. The summed E-state index contributed by atoms with van der Waals surface area (Å²) in [4.78, 5) is 24.3. The van der Waals surface area contributed by atoms with Crippen LogP contribution < -0.4 is 14.2 Å². The molecule has 0 bridgehead atoms. The Bertz CT molecular complexity index is 1180. The minimum atomic E-state index is -0.758. The van der Waals surface area contributed by atoms with E-state index in [2.05, 4.69) is 25.3 Å². The number of rotatable bonds is 9. The number of ether oxygens (including phenoxy) is 3. The molecule has 1 aliphatic rings. The van der Waals surface area contributed by atoms with Crippen LogP contribution in [-0.4, -0.2) is 53.2 Å². The lowest BCUT2D eigenvalue weighted by Crippen LogP contribution is -2.29. The quantitative estimate of drug-likeness (QED) is 0.484. The minimum absolute atomic E-state index is 0.0106. The van der Waals surface area contributed by atoms with Crippen molar-refractivity contribution in [1.82, 2.24) is 29.9 Å². The fourth-order valence-corrected chi connectivity index (χ4v) is 4.05. The zero-order valence-corrected chi connectivity index (χ0v) is 20.3. The molecule has 0 radical (unpaired) electrons. The Morgan fingerprint density at radius 1 is 1.23 bits per heavy atom. The van der Waals surface area contributed by atoms with Crippen molar-refractivity contribution >= 4 is 5.97 Å². The molecule has 0 amide bonds. The topological polar surface area (TPSA) is 134 Å². The van der Waals surface area contributed by atoms with E-state index in [4.69, 9.17) is 14.2 Å². The summed E-state index contributed by atoms with van der Waals surface area (Å²) in [6, 6.07) is 5.31. The first-order chi connectivity index (χ1) is 16.8. The lowest BCUT2D eigenvalue weighted by molar-refractivity contribution is -0.143. The summed E-state index contributed by atoms with van der Waals surface area (Å²) in [5.74, 6) is 0.347. The van der Waals surface area contributed by atoms with Crippen LogP contribution in [0.5, 0.6) is 17.5 Å². The molecule has 35 heavy (non-hydrogen) atoms. The van der Waals surface area contributed by atoms with E-state index in [1.54, 1.807) is 17.8 Å². The van der Waals surface area contributed by atoms with Gasteiger partial charge in [-0.2, -0.15) is 0 Å². The molecule has 3 heterocycles. The summed E-state index contributed by atoms with van der Waals surface area (Å²) in [6.07, 6.45) is 4.14. The van der Waals surface area contributed by atoms with Gasteiger partial charge in [-0.3, -0.25) is 4.79 Å². The van der Waals surface area contributed by atoms with Crippen LogP contribution in [0.25, 0.3) is 11.4 Å². The van der Waals surface area contributed by atoms with Gasteiger partial charge in [0.2, 0.25) is 11.8 Å². The summed E-state index contributed by atoms with van der Waals surface area (Å²) in [5, 5.41) is 17.7. The maximum absolute atomic E-state index is 11.4. The molecule has 3 aromatic heterocycles. The van der Waals surface area contributed by atoms with E-state index in [0.29, 0.717) is 47.4 Å². The number of carboxylic acids is 1. The lowest BCUT2D eigenvalue weighted by atomic mass is 9.87. The van der Waals surface area contributed by atoms with Gasteiger partial charge in [-0.15, -0.1) is 5.10 Å². The zero-order valence-electron chi connectivity index (χ0n) is 20.3. The second-order valence-corrected chi connectivity index (χ2v) is 8.88. The van der Waals surface area contributed by atoms with Crippen molar-refractivity contribution in [2.45, 2.75) is 65.3 Å². The largest absolute Gasteiger partial charge is 0.489 e. The predicted molar refractivity (Wildman–Crippen MR) is 125 cm³/mol. The van der Waals surface area contributed by atoms with E-state index < -0.39 is 5.97 Å². The molecule has 0 saturated heterocycles. The van der Waals surface area contributed by atoms with E-state index in [0.717, 1.165) is 18.5 Å². The van der Waals surface area contributed by atoms with Crippen molar-refractivity contribution in [2.24, 2.45) is 13.0 Å². The monoisotopic (exact) mass is 482 g/mol. The highest BCUT2D eigenvalue weighted by Gasteiger charge is 2.28. The van der Waals surface area contributed by atoms with Gasteiger partial charge in [0.25, 0.3) is 0 Å². The number of nitrogens with zero attached hydrogens (tertiary/aromatic N) is 6. The molecular weight excluding hydrogens is 452 g/mol. The molecule has 11 nitrogen and oxygen atoms in total. The molecule has 11 heteroatoms. The molecule has 0 aliphatic heterocycles. The second-order valence-electron chi connectivity index (χ2n) is 8.88. The van der Waals surface area contributed by atoms with Crippen molar-refractivity contribution in [3.63, 3.8) is 0 Å². The molecule has 3 aromatic rings. The Labute approximate surface area is 203 Å². The molecule has 1 saturated carbocycles. The SMILES string of the molecule is Cc1nc(-c2nnn(C)c2COc2cc(OC(C)C)ncn2)ccc1O[C@H]1CCC[C@H](C(=O)O)C1. The second kappa shape index (κ2) is 10.7. The molecule has 1 fully saturated rings. The van der Waals surface area contributed by atoms with Crippen LogP contribution in [0.1, 0.15) is 50.9 Å². The Hall–Kier alpha value is -3.76. The number of hydrogen-bond acceptors (Lipinski definition) is 9. The third-order valence-corrected chi connectivity index (χ3v) is 5.82. The summed E-state index contributed by atoms with van der Waals surface area (Å²) in [5.41, 5.74) is 2.66. The first-order valence-corrected chi connectivity index (χ1v) is 11.7. The predicted octanol–water partition coefficient (Wildman–Crippen LogP) is 3.36. The van der Waals surface area contributed by atoms with Gasteiger partial charge < -0.3 is 19.3 Å². The number of aryl methyl sites for hydroxylation is 2. The summed E-state index contributed by atoms with van der Waals surface area (Å²) >= 11 is 0. The molecule has 0 unspecified atom stereocenters. The number of pyridine rings is 1. The third-order valence-electron chi connectivity index (χ3n) is 5.82. The molecule has 4 rings (SSSR count). The first-order valence-electron chi connectivity index (χ1n) is 11.7. The Kier molecular flexibility index (Phi) is 7.42. The fraction of sp³-hybridized carbons (Fsp3) is 0.500. The van der Waals surface area contributed by atoms with Crippen LogP contribution in [0.2, 0.25) is 0 Å². The average molecular weight is 483 g/mol. The third kappa shape index (κ3) is 6.03. The van der Waals surface area contributed by atoms with Gasteiger partial charge in [-0.1, -0.05) is 5.21 Å². The molecule has 2 atom stereocenters. The van der Waals surface area contributed by atoms with Crippen molar-refractivity contribution < 1.29 is 24.1 Å². The van der Waals surface area contributed by atoms with Crippen LogP contribution in [0, 0.1) is 12.8 Å². The van der Waals surface area contributed by atoms with Crippen LogP contribution in [0.4, 0.5) is 0 Å². The smallest absolute Gasteiger partial charge is 0.306 e. The molecule has 186 valence electrons. The summed E-state index contributed by atoms with van der Waals surface area (Å²) in [7, 11) is 1.79.